The maximum atomic E-state index is 13.0. The van der Waals surface area contributed by atoms with E-state index >= 15 is 0 Å². The highest BCUT2D eigenvalue weighted by molar-refractivity contribution is 6.33. The van der Waals surface area contributed by atoms with Crippen LogP contribution in [0.15, 0.2) is 108 Å². The molecule has 0 atom stereocenters. The van der Waals surface area contributed by atoms with Gasteiger partial charge in [0.05, 0.1) is 16.8 Å². The Kier molecular flexibility index (Phi) is 8.37. The van der Waals surface area contributed by atoms with Gasteiger partial charge in [-0.3, -0.25) is 9.59 Å². The normalized spacial score (nSPS) is 12.2. The second kappa shape index (κ2) is 12.6. The van der Waals surface area contributed by atoms with Crippen molar-refractivity contribution in [3.63, 3.8) is 0 Å². The summed E-state index contributed by atoms with van der Waals surface area (Å²) in [7, 11) is 0. The number of carbonyl (C=O) groups excluding carboxylic acids is 3. The first kappa shape index (κ1) is 27.2. The molecule has 4 aromatic carbocycles. The fourth-order valence-corrected chi connectivity index (χ4v) is 3.96. The number of carbonyl (C=O) groups is 3. The van der Waals surface area contributed by atoms with Gasteiger partial charge in [-0.05, 0) is 77.9 Å². The standard InChI is InChI=1S/C31H22ClN3O6/c32-25-9-5-4-8-24(25)31(38)41-23-13-10-20(11-14-23)18-33-35-30(37)26(34-29(36)22-6-2-1-3-7-22)16-21-12-15-27-28(17-21)40-19-39-27/h1-18H,19H2,(H,34,36)(H,35,37). The molecular weight excluding hydrogens is 546 g/mol. The molecule has 41 heavy (non-hydrogen) atoms. The van der Waals surface area contributed by atoms with E-state index in [-0.39, 0.29) is 18.1 Å². The minimum Gasteiger partial charge on any atom is -0.454 e. The molecule has 0 aliphatic carbocycles. The van der Waals surface area contributed by atoms with E-state index in [0.717, 1.165) is 0 Å². The number of esters is 1. The molecule has 204 valence electrons. The van der Waals surface area contributed by atoms with Crippen LogP contribution in [0.2, 0.25) is 5.02 Å². The molecule has 1 heterocycles. The van der Waals surface area contributed by atoms with Crippen molar-refractivity contribution in [1.29, 1.82) is 0 Å². The van der Waals surface area contributed by atoms with Gasteiger partial charge in [-0.2, -0.15) is 5.10 Å². The van der Waals surface area contributed by atoms with Gasteiger partial charge in [-0.15, -0.1) is 0 Å². The molecule has 1 aliphatic heterocycles. The van der Waals surface area contributed by atoms with Gasteiger partial charge in [0.15, 0.2) is 11.5 Å². The first-order chi connectivity index (χ1) is 20.0. The van der Waals surface area contributed by atoms with Crippen LogP contribution in [-0.4, -0.2) is 30.8 Å². The molecule has 0 bridgehead atoms. The van der Waals surface area contributed by atoms with Crippen LogP contribution in [0.3, 0.4) is 0 Å². The summed E-state index contributed by atoms with van der Waals surface area (Å²) >= 11 is 6.05. The van der Waals surface area contributed by atoms with E-state index in [9.17, 15) is 14.4 Å². The Bertz CT molecular complexity index is 1650. The lowest BCUT2D eigenvalue weighted by atomic mass is 10.1. The maximum absolute atomic E-state index is 13.0. The molecule has 9 nitrogen and oxygen atoms in total. The van der Waals surface area contributed by atoms with Crippen LogP contribution < -0.4 is 25.0 Å². The summed E-state index contributed by atoms with van der Waals surface area (Å²) in [6.45, 7) is 0.111. The number of fused-ring (bicyclic) bond motifs is 1. The van der Waals surface area contributed by atoms with Crippen LogP contribution in [0, 0.1) is 0 Å². The first-order valence-electron chi connectivity index (χ1n) is 12.3. The third-order valence-corrected chi connectivity index (χ3v) is 6.13. The molecule has 0 saturated heterocycles. The summed E-state index contributed by atoms with van der Waals surface area (Å²) in [5.74, 6) is -0.243. The molecular formula is C31H22ClN3O6. The van der Waals surface area contributed by atoms with E-state index in [1.54, 1.807) is 97.1 Å². The highest BCUT2D eigenvalue weighted by atomic mass is 35.5. The van der Waals surface area contributed by atoms with Crippen LogP contribution in [0.5, 0.6) is 17.2 Å². The van der Waals surface area contributed by atoms with Crippen LogP contribution in [-0.2, 0) is 4.79 Å². The SMILES string of the molecule is O=C(NN=Cc1ccc(OC(=O)c2ccccc2Cl)cc1)C(=Cc1ccc2c(c1)OCO2)NC(=O)c1ccccc1. The van der Waals surface area contributed by atoms with E-state index in [0.29, 0.717) is 39.0 Å². The van der Waals surface area contributed by atoms with E-state index in [2.05, 4.69) is 15.8 Å². The highest BCUT2D eigenvalue weighted by Crippen LogP contribution is 2.33. The third-order valence-electron chi connectivity index (χ3n) is 5.80. The predicted octanol–water partition coefficient (Wildman–Crippen LogP) is 5.21. The number of nitrogens with zero attached hydrogens (tertiary/aromatic N) is 1. The summed E-state index contributed by atoms with van der Waals surface area (Å²) in [5.41, 5.74) is 4.27. The average Bonchev–Trinajstić information content (AvgIpc) is 3.46. The Morgan fingerprint density at radius 2 is 1.54 bits per heavy atom. The number of rotatable bonds is 8. The van der Waals surface area contributed by atoms with Gasteiger partial charge in [0.1, 0.15) is 11.4 Å². The Labute approximate surface area is 240 Å². The van der Waals surface area contributed by atoms with Crippen molar-refractivity contribution in [2.24, 2.45) is 5.10 Å². The predicted molar refractivity (Wildman–Crippen MR) is 153 cm³/mol. The van der Waals surface area contributed by atoms with Crippen molar-refractivity contribution in [3.05, 3.63) is 130 Å². The number of ether oxygens (including phenoxy) is 3. The van der Waals surface area contributed by atoms with Crippen molar-refractivity contribution in [2.75, 3.05) is 6.79 Å². The van der Waals surface area contributed by atoms with Crippen molar-refractivity contribution >= 4 is 41.7 Å². The molecule has 0 radical (unpaired) electrons. The smallest absolute Gasteiger partial charge is 0.345 e. The second-order valence-electron chi connectivity index (χ2n) is 8.63. The molecule has 0 spiro atoms. The topological polar surface area (TPSA) is 115 Å². The second-order valence-corrected chi connectivity index (χ2v) is 9.04. The van der Waals surface area contributed by atoms with Crippen molar-refractivity contribution in [3.8, 4) is 17.2 Å². The zero-order valence-electron chi connectivity index (χ0n) is 21.4. The van der Waals surface area contributed by atoms with Crippen LogP contribution in [0.1, 0.15) is 31.8 Å². The molecule has 10 heteroatoms. The largest absolute Gasteiger partial charge is 0.454 e. The van der Waals surface area contributed by atoms with E-state index < -0.39 is 17.8 Å². The molecule has 2 amide bonds. The van der Waals surface area contributed by atoms with Crippen molar-refractivity contribution in [2.45, 2.75) is 0 Å². The number of hydrogen-bond donors (Lipinski definition) is 2. The molecule has 0 unspecified atom stereocenters. The maximum Gasteiger partial charge on any atom is 0.345 e. The lowest BCUT2D eigenvalue weighted by Crippen LogP contribution is -2.32. The number of amides is 2. The zero-order valence-corrected chi connectivity index (χ0v) is 22.1. The molecule has 5 rings (SSSR count). The van der Waals surface area contributed by atoms with Crippen molar-refractivity contribution in [1.82, 2.24) is 10.7 Å². The minimum absolute atomic E-state index is 0.0308. The van der Waals surface area contributed by atoms with Gasteiger partial charge in [-0.1, -0.05) is 48.0 Å². The Hall–Kier alpha value is -5.41. The molecule has 0 saturated carbocycles. The highest BCUT2D eigenvalue weighted by Gasteiger charge is 2.17. The summed E-state index contributed by atoms with van der Waals surface area (Å²) in [6.07, 6.45) is 2.92. The quantitative estimate of drug-likeness (QED) is 0.0993. The van der Waals surface area contributed by atoms with Gasteiger partial charge in [-0.25, -0.2) is 10.2 Å². The average molecular weight is 568 g/mol. The summed E-state index contributed by atoms with van der Waals surface area (Å²) in [4.78, 5) is 38.2. The van der Waals surface area contributed by atoms with Gasteiger partial charge >= 0.3 is 5.97 Å². The number of hydrogen-bond acceptors (Lipinski definition) is 7. The Balaban J connectivity index is 1.26. The summed E-state index contributed by atoms with van der Waals surface area (Å²) in [5, 5.41) is 6.95. The van der Waals surface area contributed by atoms with E-state index in [4.69, 9.17) is 25.8 Å². The van der Waals surface area contributed by atoms with Gasteiger partial charge in [0.2, 0.25) is 6.79 Å². The molecule has 0 fully saturated rings. The van der Waals surface area contributed by atoms with Crippen LogP contribution >= 0.6 is 11.6 Å². The fourth-order valence-electron chi connectivity index (χ4n) is 3.75. The van der Waals surface area contributed by atoms with Gasteiger partial charge in [0, 0.05) is 5.56 Å². The Morgan fingerprint density at radius 3 is 2.32 bits per heavy atom. The lowest BCUT2D eigenvalue weighted by Gasteiger charge is -2.09. The summed E-state index contributed by atoms with van der Waals surface area (Å²) in [6, 6.07) is 26.8. The molecule has 4 aromatic rings. The molecule has 1 aliphatic rings. The van der Waals surface area contributed by atoms with Gasteiger partial charge < -0.3 is 19.5 Å². The third kappa shape index (κ3) is 6.97. The first-order valence-corrected chi connectivity index (χ1v) is 12.7. The number of hydrazone groups is 1. The van der Waals surface area contributed by atoms with Gasteiger partial charge in [0.25, 0.3) is 11.8 Å². The van der Waals surface area contributed by atoms with Crippen molar-refractivity contribution < 1.29 is 28.6 Å². The zero-order chi connectivity index (χ0) is 28.6. The number of nitrogens with one attached hydrogen (secondary N) is 2. The monoisotopic (exact) mass is 567 g/mol. The van der Waals surface area contributed by atoms with E-state index in [1.807, 2.05) is 0 Å². The van der Waals surface area contributed by atoms with Crippen LogP contribution in [0.25, 0.3) is 6.08 Å². The number of benzene rings is 4. The molecule has 2 N–H and O–H groups in total. The fraction of sp³-hybridized carbons (Fsp3) is 0.0323. The minimum atomic E-state index is -0.645. The molecule has 0 aromatic heterocycles. The van der Waals surface area contributed by atoms with E-state index in [1.165, 1.54) is 12.3 Å². The summed E-state index contributed by atoms with van der Waals surface area (Å²) < 4.78 is 16.1. The Morgan fingerprint density at radius 1 is 0.829 bits per heavy atom. The van der Waals surface area contributed by atoms with Crippen LogP contribution in [0.4, 0.5) is 0 Å². The lowest BCUT2D eigenvalue weighted by molar-refractivity contribution is -0.117. The number of halogens is 1.